The maximum Gasteiger partial charge on any atom is 0.481 e. The van der Waals surface area contributed by atoms with Crippen molar-refractivity contribution in [2.75, 3.05) is 12.3 Å². The van der Waals surface area contributed by atoms with Crippen molar-refractivity contribution < 1.29 is 42.9 Å². The van der Waals surface area contributed by atoms with E-state index in [1.165, 1.54) is 17.2 Å². The van der Waals surface area contributed by atoms with E-state index >= 15 is 0 Å². The fourth-order valence-electron chi connectivity index (χ4n) is 3.00. The van der Waals surface area contributed by atoms with E-state index in [2.05, 4.69) is 23.8 Å². The van der Waals surface area contributed by atoms with Crippen LogP contribution in [0.15, 0.2) is 12.7 Å². The van der Waals surface area contributed by atoms with Gasteiger partial charge in [-0.2, -0.15) is 4.31 Å². The molecule has 5 unspecified atom stereocenters. The van der Waals surface area contributed by atoms with Crippen molar-refractivity contribution in [1.29, 1.82) is 0 Å². The Bertz CT molecular complexity index is 932. The van der Waals surface area contributed by atoms with Gasteiger partial charge in [0.1, 0.15) is 17.9 Å². The molecule has 0 aromatic carbocycles. The summed E-state index contributed by atoms with van der Waals surface area (Å²) in [7, 11) is -10.3. The van der Waals surface area contributed by atoms with Crippen molar-refractivity contribution in [3.05, 3.63) is 12.7 Å². The molecule has 0 spiro atoms. The Morgan fingerprint density at radius 2 is 1.89 bits per heavy atom. The SMILES string of the molecule is Nc1ncnc2c1ncn2C1CC(COP(=O)(O)OP(=O)(O)O)C(O)C1O. The van der Waals surface area contributed by atoms with Gasteiger partial charge < -0.3 is 35.2 Å². The lowest BCUT2D eigenvalue weighted by Crippen LogP contribution is -2.30. The topological polar surface area (TPSA) is 223 Å². The number of phosphoric acid groups is 2. The van der Waals surface area contributed by atoms with E-state index in [-0.39, 0.29) is 12.2 Å². The second-order valence-corrected chi connectivity index (χ2v) is 8.79. The second-order valence-electron chi connectivity index (χ2n) is 5.96. The first kappa shape index (κ1) is 20.3. The van der Waals surface area contributed by atoms with Crippen molar-refractivity contribution in [2.24, 2.45) is 5.92 Å². The smallest absolute Gasteiger partial charge is 0.390 e. The summed E-state index contributed by atoms with van der Waals surface area (Å²) in [5.41, 5.74) is 6.35. The number of rotatable bonds is 6. The maximum atomic E-state index is 11.5. The number of aliphatic hydroxyl groups is 2. The van der Waals surface area contributed by atoms with Gasteiger partial charge in [0.25, 0.3) is 0 Å². The third-order valence-corrected chi connectivity index (χ3v) is 6.33. The highest BCUT2D eigenvalue weighted by Crippen LogP contribution is 2.58. The van der Waals surface area contributed by atoms with Gasteiger partial charge >= 0.3 is 15.6 Å². The van der Waals surface area contributed by atoms with Gasteiger partial charge in [-0.25, -0.2) is 24.1 Å². The van der Waals surface area contributed by atoms with Gasteiger partial charge in [-0.1, -0.05) is 0 Å². The van der Waals surface area contributed by atoms with Crippen LogP contribution in [0.3, 0.4) is 0 Å². The maximum absolute atomic E-state index is 11.5. The first-order valence-electron chi connectivity index (χ1n) is 7.52. The molecule has 27 heavy (non-hydrogen) atoms. The molecule has 2 aromatic rings. The van der Waals surface area contributed by atoms with Gasteiger partial charge in [0.15, 0.2) is 11.5 Å². The minimum absolute atomic E-state index is 0.0909. The molecule has 0 bridgehead atoms. The lowest BCUT2D eigenvalue weighted by atomic mass is 10.1. The Morgan fingerprint density at radius 1 is 1.19 bits per heavy atom. The molecule has 1 aliphatic carbocycles. The van der Waals surface area contributed by atoms with E-state index in [0.29, 0.717) is 11.2 Å². The summed E-state index contributed by atoms with van der Waals surface area (Å²) in [5, 5.41) is 20.5. The number of imidazole rings is 1. The van der Waals surface area contributed by atoms with Crippen LogP contribution >= 0.6 is 15.6 Å². The Hall–Kier alpha value is -1.47. The van der Waals surface area contributed by atoms with Gasteiger partial charge in [-0.05, 0) is 6.42 Å². The number of aromatic nitrogens is 4. The molecule has 3 rings (SSSR count). The average molecular weight is 425 g/mol. The predicted octanol–water partition coefficient (Wildman–Crippen LogP) is -1.08. The summed E-state index contributed by atoms with van der Waals surface area (Å²) < 4.78 is 31.9. The molecule has 0 aliphatic heterocycles. The third-order valence-electron chi connectivity index (χ3n) is 4.18. The van der Waals surface area contributed by atoms with Gasteiger partial charge in [-0.3, -0.25) is 4.52 Å². The minimum Gasteiger partial charge on any atom is -0.390 e. The molecule has 7 N–H and O–H groups in total. The van der Waals surface area contributed by atoms with Crippen LogP contribution in [0, 0.1) is 5.92 Å². The molecule has 0 amide bonds. The average Bonchev–Trinajstić information content (AvgIpc) is 3.07. The van der Waals surface area contributed by atoms with Gasteiger partial charge in [0.2, 0.25) is 0 Å². The van der Waals surface area contributed by atoms with Crippen LogP contribution in [-0.2, 0) is 18.0 Å². The summed E-state index contributed by atoms with van der Waals surface area (Å²) in [5.74, 6) is -0.690. The van der Waals surface area contributed by atoms with Crippen molar-refractivity contribution >= 4 is 32.6 Å². The molecule has 5 atom stereocenters. The third kappa shape index (κ3) is 4.35. The fourth-order valence-corrected chi connectivity index (χ4v) is 4.64. The van der Waals surface area contributed by atoms with Crippen molar-refractivity contribution in [3.8, 4) is 0 Å². The highest BCUT2D eigenvalue weighted by molar-refractivity contribution is 7.60. The summed E-state index contributed by atoms with van der Waals surface area (Å²) >= 11 is 0. The lowest BCUT2D eigenvalue weighted by molar-refractivity contribution is -0.00373. The van der Waals surface area contributed by atoms with E-state index in [1.54, 1.807) is 0 Å². The first-order chi connectivity index (χ1) is 12.5. The molecule has 14 nitrogen and oxygen atoms in total. The van der Waals surface area contributed by atoms with Crippen LogP contribution in [-0.4, -0.2) is 63.2 Å². The molecule has 2 aromatic heterocycles. The molecule has 1 aliphatic rings. The van der Waals surface area contributed by atoms with Crippen LogP contribution in [0.2, 0.25) is 0 Å². The van der Waals surface area contributed by atoms with E-state index in [4.69, 9.17) is 15.5 Å². The number of nitrogen functional groups attached to an aromatic ring is 1. The molecule has 16 heteroatoms. The summed E-state index contributed by atoms with van der Waals surface area (Å²) in [6.45, 7) is -0.591. The van der Waals surface area contributed by atoms with E-state index < -0.39 is 46.4 Å². The van der Waals surface area contributed by atoms with Gasteiger partial charge in [0.05, 0.1) is 25.1 Å². The zero-order chi connectivity index (χ0) is 20.0. The fraction of sp³-hybridized carbons (Fsp3) is 0.545. The number of nitrogens with two attached hydrogens (primary N) is 1. The molecule has 2 heterocycles. The lowest BCUT2D eigenvalue weighted by Gasteiger charge is -2.18. The molecule has 1 saturated carbocycles. The second kappa shape index (κ2) is 7.17. The molecular formula is C11H17N5O9P2. The van der Waals surface area contributed by atoms with Gasteiger partial charge in [-0.15, -0.1) is 0 Å². The monoisotopic (exact) mass is 425 g/mol. The van der Waals surface area contributed by atoms with Crippen molar-refractivity contribution in [1.82, 2.24) is 19.5 Å². The number of fused-ring (bicyclic) bond motifs is 1. The number of hydrogen-bond acceptors (Lipinski definition) is 10. The summed E-state index contributed by atoms with van der Waals surface area (Å²) in [6.07, 6.45) is 0.0473. The molecule has 1 fully saturated rings. The van der Waals surface area contributed by atoms with Gasteiger partial charge in [0, 0.05) is 5.92 Å². The van der Waals surface area contributed by atoms with Crippen LogP contribution in [0.1, 0.15) is 12.5 Å². The quantitative estimate of drug-likeness (QED) is 0.303. The zero-order valence-electron chi connectivity index (χ0n) is 13.5. The van der Waals surface area contributed by atoms with Crippen molar-refractivity contribution in [3.63, 3.8) is 0 Å². The first-order valence-corrected chi connectivity index (χ1v) is 10.5. The number of anilines is 1. The molecule has 0 radical (unpaired) electrons. The van der Waals surface area contributed by atoms with Crippen LogP contribution in [0.25, 0.3) is 11.2 Å². The molecular weight excluding hydrogens is 408 g/mol. The normalized spacial score (nSPS) is 28.5. The Morgan fingerprint density at radius 3 is 2.56 bits per heavy atom. The Labute approximate surface area is 151 Å². The van der Waals surface area contributed by atoms with E-state index in [9.17, 15) is 24.2 Å². The van der Waals surface area contributed by atoms with Crippen LogP contribution in [0.5, 0.6) is 0 Å². The highest BCUT2D eigenvalue weighted by Gasteiger charge is 2.44. The van der Waals surface area contributed by atoms with Crippen LogP contribution in [0.4, 0.5) is 5.82 Å². The number of hydrogen-bond donors (Lipinski definition) is 6. The Kier molecular flexibility index (Phi) is 5.38. The van der Waals surface area contributed by atoms with Crippen molar-refractivity contribution in [2.45, 2.75) is 24.7 Å². The summed E-state index contributed by atoms with van der Waals surface area (Å²) in [4.78, 5) is 38.4. The van der Waals surface area contributed by atoms with E-state index in [0.717, 1.165) is 0 Å². The molecule has 150 valence electrons. The molecule has 0 saturated heterocycles. The standard InChI is InChI=1S/C11H17N5O9P2/c12-10-7-11(14-3-13-10)16(4-15-7)6-1-5(8(17)9(6)18)2-24-27(22,23)25-26(19,20)21/h3-6,8-9,17-18H,1-2H2,(H,22,23)(H2,12,13,14)(H2,19,20,21). The Balaban J connectivity index is 1.75. The number of nitrogens with zero attached hydrogens (tertiary/aromatic N) is 4. The number of aliphatic hydroxyl groups excluding tert-OH is 2. The summed E-state index contributed by atoms with van der Waals surface area (Å²) in [6, 6.07) is -0.700. The highest BCUT2D eigenvalue weighted by atomic mass is 31.3. The zero-order valence-corrected chi connectivity index (χ0v) is 15.3. The largest absolute Gasteiger partial charge is 0.481 e. The minimum atomic E-state index is -5.25. The number of phosphoric ester groups is 1. The van der Waals surface area contributed by atoms with Crippen LogP contribution < -0.4 is 5.73 Å². The van der Waals surface area contributed by atoms with E-state index in [1.807, 2.05) is 0 Å². The predicted molar refractivity (Wildman–Crippen MR) is 87.8 cm³/mol.